The molecule has 7 heteroatoms. The Hall–Kier alpha value is -3.97. The van der Waals surface area contributed by atoms with Gasteiger partial charge in [0.05, 0.1) is 28.9 Å². The van der Waals surface area contributed by atoms with Gasteiger partial charge in [0.1, 0.15) is 11.5 Å². The van der Waals surface area contributed by atoms with E-state index < -0.39 is 17.7 Å². The topological polar surface area (TPSA) is 79.7 Å². The van der Waals surface area contributed by atoms with Crippen molar-refractivity contribution in [2.45, 2.75) is 26.8 Å². The van der Waals surface area contributed by atoms with Crippen LogP contribution in [0, 0.1) is 20.8 Å². The molecule has 6 nitrogen and oxygen atoms in total. The Balaban J connectivity index is 1.72. The van der Waals surface area contributed by atoms with Crippen LogP contribution in [-0.4, -0.2) is 28.9 Å². The summed E-state index contributed by atoms with van der Waals surface area (Å²) in [4.78, 5) is 32.8. The molecule has 1 saturated heterocycles. The number of nitrogens with zero attached hydrogens (tertiary/aromatic N) is 2. The van der Waals surface area contributed by atoms with Crippen molar-refractivity contribution in [3.05, 3.63) is 94.1 Å². The average molecular weight is 485 g/mol. The van der Waals surface area contributed by atoms with Crippen LogP contribution in [0.3, 0.4) is 0 Å². The van der Waals surface area contributed by atoms with Crippen LogP contribution < -0.4 is 9.64 Å². The summed E-state index contributed by atoms with van der Waals surface area (Å²) in [5.41, 5.74) is 4.89. The van der Waals surface area contributed by atoms with Crippen molar-refractivity contribution >= 4 is 44.1 Å². The summed E-state index contributed by atoms with van der Waals surface area (Å²) in [7, 11) is 1.57. The number of anilines is 1. The molecule has 1 N–H and O–H groups in total. The van der Waals surface area contributed by atoms with Crippen molar-refractivity contribution in [3.8, 4) is 5.75 Å². The van der Waals surface area contributed by atoms with Gasteiger partial charge in [-0.05, 0) is 67.8 Å². The maximum Gasteiger partial charge on any atom is 0.301 e. The van der Waals surface area contributed by atoms with Crippen LogP contribution in [-0.2, 0) is 9.59 Å². The molecule has 176 valence electrons. The largest absolute Gasteiger partial charge is 0.507 e. The number of aliphatic hydroxyl groups excluding tert-OH is 1. The molecule has 35 heavy (non-hydrogen) atoms. The number of ether oxygens (including phenoxy) is 1. The number of rotatable bonds is 4. The highest BCUT2D eigenvalue weighted by molar-refractivity contribution is 7.22. The van der Waals surface area contributed by atoms with Gasteiger partial charge in [0, 0.05) is 5.56 Å². The van der Waals surface area contributed by atoms with Gasteiger partial charge in [-0.1, -0.05) is 47.2 Å². The van der Waals surface area contributed by atoms with Crippen molar-refractivity contribution in [3.63, 3.8) is 0 Å². The maximum atomic E-state index is 13.4. The lowest BCUT2D eigenvalue weighted by atomic mass is 9.94. The number of aromatic nitrogens is 1. The smallest absolute Gasteiger partial charge is 0.301 e. The first-order valence-corrected chi connectivity index (χ1v) is 12.0. The molecule has 3 aromatic carbocycles. The van der Waals surface area contributed by atoms with Gasteiger partial charge >= 0.3 is 5.91 Å². The second-order valence-electron chi connectivity index (χ2n) is 8.73. The van der Waals surface area contributed by atoms with Crippen molar-refractivity contribution in [1.82, 2.24) is 4.98 Å². The average Bonchev–Trinajstić information content (AvgIpc) is 3.37. The van der Waals surface area contributed by atoms with Crippen LogP contribution >= 0.6 is 11.3 Å². The highest BCUT2D eigenvalue weighted by Crippen LogP contribution is 2.44. The SMILES string of the molecule is COc1ccc(/C(O)=C2\C(=O)C(=O)N(c3nc4ccc(C)cc4s3)C2c2ccc(C)cc2)cc1C. The Bertz CT molecular complexity index is 1520. The third kappa shape index (κ3) is 3.88. The number of amides is 1. The van der Waals surface area contributed by atoms with E-state index in [-0.39, 0.29) is 11.3 Å². The predicted octanol–water partition coefficient (Wildman–Crippen LogP) is 5.86. The summed E-state index contributed by atoms with van der Waals surface area (Å²) in [5.74, 6) is -1.00. The van der Waals surface area contributed by atoms with Crippen LogP contribution in [0.1, 0.15) is 33.9 Å². The quantitative estimate of drug-likeness (QED) is 0.223. The van der Waals surface area contributed by atoms with Gasteiger partial charge in [-0.25, -0.2) is 4.98 Å². The normalized spacial score (nSPS) is 17.4. The Kier molecular flexibility index (Phi) is 5.65. The van der Waals surface area contributed by atoms with Crippen molar-refractivity contribution in [2.75, 3.05) is 12.0 Å². The zero-order chi connectivity index (χ0) is 24.9. The summed E-state index contributed by atoms with van der Waals surface area (Å²) in [6.07, 6.45) is 0. The van der Waals surface area contributed by atoms with E-state index in [4.69, 9.17) is 4.74 Å². The highest BCUT2D eigenvalue weighted by Gasteiger charge is 2.48. The number of Topliss-reactive ketones (excluding diaryl/α,β-unsaturated/α-hetero) is 1. The Morgan fingerprint density at radius 1 is 0.971 bits per heavy atom. The molecule has 4 aromatic rings. The van der Waals surface area contributed by atoms with Crippen LogP contribution in [0.25, 0.3) is 16.0 Å². The standard InChI is InChI=1S/C28H24N2O4S/c1-15-5-8-18(9-6-15)24-23(25(31)19-10-12-21(34-4)17(3)14-19)26(32)27(33)30(24)28-29-20-11-7-16(2)13-22(20)35-28/h5-14,24,31H,1-4H3/b25-23+. The van der Waals surface area contributed by atoms with Crippen LogP contribution in [0.15, 0.2) is 66.2 Å². The number of methoxy groups -OCH3 is 1. The summed E-state index contributed by atoms with van der Waals surface area (Å²) in [6.45, 7) is 5.82. The minimum absolute atomic E-state index is 0.0406. The van der Waals surface area contributed by atoms with E-state index in [1.807, 2.05) is 63.2 Å². The molecule has 1 amide bonds. The lowest BCUT2D eigenvalue weighted by Crippen LogP contribution is -2.29. The number of hydrogen-bond donors (Lipinski definition) is 1. The van der Waals surface area contributed by atoms with Crippen LogP contribution in [0.5, 0.6) is 5.75 Å². The number of carbonyl (C=O) groups excluding carboxylic acids is 2. The third-order valence-electron chi connectivity index (χ3n) is 6.24. The van der Waals surface area contributed by atoms with Gasteiger partial charge in [0.15, 0.2) is 5.13 Å². The number of benzene rings is 3. The Labute approximate surface area is 207 Å². The zero-order valence-electron chi connectivity index (χ0n) is 19.8. The Morgan fingerprint density at radius 3 is 2.37 bits per heavy atom. The van der Waals surface area contributed by atoms with Crippen molar-refractivity contribution < 1.29 is 19.4 Å². The van der Waals surface area contributed by atoms with E-state index in [1.54, 1.807) is 25.3 Å². The molecule has 0 radical (unpaired) electrons. The maximum absolute atomic E-state index is 13.4. The molecular weight excluding hydrogens is 460 g/mol. The number of carbonyl (C=O) groups is 2. The first kappa shape index (κ1) is 22.8. The van der Waals surface area contributed by atoms with E-state index in [9.17, 15) is 14.7 Å². The molecule has 1 aromatic heterocycles. The molecule has 0 aliphatic carbocycles. The number of hydrogen-bond acceptors (Lipinski definition) is 6. The molecule has 5 rings (SSSR count). The molecule has 0 saturated carbocycles. The zero-order valence-corrected chi connectivity index (χ0v) is 20.6. The van der Waals surface area contributed by atoms with Crippen molar-refractivity contribution in [1.29, 1.82) is 0 Å². The molecule has 0 spiro atoms. The van der Waals surface area contributed by atoms with E-state index in [1.165, 1.54) is 16.2 Å². The molecular formula is C28H24N2O4S. The van der Waals surface area contributed by atoms with E-state index in [2.05, 4.69) is 4.98 Å². The number of aryl methyl sites for hydroxylation is 3. The lowest BCUT2D eigenvalue weighted by molar-refractivity contribution is -0.132. The van der Waals surface area contributed by atoms with E-state index in [0.717, 1.165) is 32.5 Å². The number of fused-ring (bicyclic) bond motifs is 1. The molecule has 1 aliphatic rings. The number of aliphatic hydroxyl groups is 1. The molecule has 1 aliphatic heterocycles. The predicted molar refractivity (Wildman–Crippen MR) is 138 cm³/mol. The summed E-state index contributed by atoms with van der Waals surface area (Å²) < 4.78 is 6.25. The van der Waals surface area contributed by atoms with Gasteiger partial charge < -0.3 is 9.84 Å². The molecule has 1 atom stereocenters. The van der Waals surface area contributed by atoms with Gasteiger partial charge in [0.25, 0.3) is 5.78 Å². The Morgan fingerprint density at radius 2 is 1.69 bits per heavy atom. The summed E-state index contributed by atoms with van der Waals surface area (Å²) >= 11 is 1.35. The molecule has 0 bridgehead atoms. The number of ketones is 1. The van der Waals surface area contributed by atoms with Gasteiger partial charge in [-0.15, -0.1) is 0 Å². The minimum Gasteiger partial charge on any atom is -0.507 e. The minimum atomic E-state index is -0.806. The van der Waals surface area contributed by atoms with Gasteiger partial charge in [-0.2, -0.15) is 0 Å². The van der Waals surface area contributed by atoms with E-state index >= 15 is 0 Å². The lowest BCUT2D eigenvalue weighted by Gasteiger charge is -2.23. The molecule has 2 heterocycles. The fraction of sp³-hybridized carbons (Fsp3) is 0.179. The van der Waals surface area contributed by atoms with Crippen LogP contribution in [0.2, 0.25) is 0 Å². The fourth-order valence-electron chi connectivity index (χ4n) is 4.40. The third-order valence-corrected chi connectivity index (χ3v) is 7.26. The first-order chi connectivity index (χ1) is 16.8. The summed E-state index contributed by atoms with van der Waals surface area (Å²) in [6, 6.07) is 17.8. The van der Waals surface area contributed by atoms with Crippen LogP contribution in [0.4, 0.5) is 5.13 Å². The van der Waals surface area contributed by atoms with Gasteiger partial charge in [0.2, 0.25) is 0 Å². The number of thiazole rings is 1. The summed E-state index contributed by atoms with van der Waals surface area (Å²) in [5, 5.41) is 11.8. The second-order valence-corrected chi connectivity index (χ2v) is 9.74. The van der Waals surface area contributed by atoms with Crippen molar-refractivity contribution in [2.24, 2.45) is 0 Å². The first-order valence-electron chi connectivity index (χ1n) is 11.2. The second kappa shape index (κ2) is 8.67. The highest BCUT2D eigenvalue weighted by atomic mass is 32.1. The monoisotopic (exact) mass is 484 g/mol. The molecule has 1 unspecified atom stereocenters. The van der Waals surface area contributed by atoms with E-state index in [0.29, 0.717) is 16.4 Å². The van der Waals surface area contributed by atoms with Gasteiger partial charge in [-0.3, -0.25) is 14.5 Å². The molecule has 1 fully saturated rings. The fourth-order valence-corrected chi connectivity index (χ4v) is 5.49.